The van der Waals surface area contributed by atoms with Gasteiger partial charge in [-0.25, -0.2) is 0 Å². The van der Waals surface area contributed by atoms with Crippen LogP contribution in [0, 0.1) is 0 Å². The van der Waals surface area contributed by atoms with Crippen molar-refractivity contribution in [2.45, 2.75) is 35.3 Å². The first-order valence-corrected chi connectivity index (χ1v) is 11.0. The maximum atomic E-state index is 12.8. The number of fused-ring (bicyclic) bond motifs is 1. The highest BCUT2D eigenvalue weighted by atomic mass is 35.5. The maximum Gasteiger partial charge on any atom is 0.233 e. The molecule has 7 heteroatoms. The fourth-order valence-corrected chi connectivity index (χ4v) is 4.92. The molecule has 1 N–H and O–H groups in total. The van der Waals surface area contributed by atoms with Crippen LogP contribution in [0.1, 0.15) is 25.3 Å². The van der Waals surface area contributed by atoms with Gasteiger partial charge in [0, 0.05) is 30.1 Å². The third-order valence-corrected chi connectivity index (χ3v) is 7.16. The molecular weight excluding hydrogens is 410 g/mol. The Morgan fingerprint density at radius 2 is 1.93 bits per heavy atom. The lowest BCUT2D eigenvalue weighted by atomic mass is 9.74. The second kappa shape index (κ2) is 8.86. The quantitative estimate of drug-likeness (QED) is 0.683. The summed E-state index contributed by atoms with van der Waals surface area (Å²) in [6.07, 6.45) is 1.69. The molecule has 4 rings (SSSR count). The Kier molecular flexibility index (Phi) is 6.23. The fourth-order valence-electron chi connectivity index (χ4n) is 3.74. The summed E-state index contributed by atoms with van der Waals surface area (Å²) in [5.74, 6) is 1.54. The van der Waals surface area contributed by atoms with Crippen molar-refractivity contribution in [1.82, 2.24) is 5.32 Å². The molecule has 0 bridgehead atoms. The van der Waals surface area contributed by atoms with E-state index in [9.17, 15) is 4.79 Å². The van der Waals surface area contributed by atoms with Gasteiger partial charge in [-0.15, -0.1) is 11.8 Å². The van der Waals surface area contributed by atoms with Gasteiger partial charge < -0.3 is 19.5 Å². The minimum atomic E-state index is -0.247. The molecular formula is C22H24ClNO4S. The van der Waals surface area contributed by atoms with Crippen molar-refractivity contribution >= 4 is 29.3 Å². The van der Waals surface area contributed by atoms with Crippen molar-refractivity contribution < 1.29 is 19.0 Å². The van der Waals surface area contributed by atoms with Crippen LogP contribution in [0.3, 0.4) is 0 Å². The molecule has 0 aliphatic carbocycles. The molecule has 0 radical (unpaired) electrons. The number of hydrogen-bond donors (Lipinski definition) is 1. The van der Waals surface area contributed by atoms with Crippen LogP contribution in [0.2, 0.25) is 5.02 Å². The van der Waals surface area contributed by atoms with Gasteiger partial charge in [0.05, 0.1) is 10.3 Å². The molecule has 0 aromatic heterocycles. The van der Waals surface area contributed by atoms with Gasteiger partial charge in [0.1, 0.15) is 0 Å². The van der Waals surface area contributed by atoms with Crippen molar-refractivity contribution in [3.05, 3.63) is 53.1 Å². The van der Waals surface area contributed by atoms with Crippen molar-refractivity contribution in [1.29, 1.82) is 0 Å². The lowest BCUT2D eigenvalue weighted by Crippen LogP contribution is -2.46. The second-order valence-electron chi connectivity index (χ2n) is 7.37. The highest BCUT2D eigenvalue weighted by Crippen LogP contribution is 2.40. The number of carbonyl (C=O) groups excluding carboxylic acids is 1. The second-order valence-corrected chi connectivity index (χ2v) is 9.16. The Balaban J connectivity index is 1.46. The van der Waals surface area contributed by atoms with Gasteiger partial charge in [-0.1, -0.05) is 29.8 Å². The van der Waals surface area contributed by atoms with Gasteiger partial charge in [0.25, 0.3) is 0 Å². The molecule has 1 amide bonds. The Bertz CT molecular complexity index is 885. The molecule has 5 nitrogen and oxygen atoms in total. The highest BCUT2D eigenvalue weighted by Gasteiger charge is 2.36. The average molecular weight is 434 g/mol. The summed E-state index contributed by atoms with van der Waals surface area (Å²) in [7, 11) is 0. The van der Waals surface area contributed by atoms with E-state index in [1.807, 2.05) is 43.3 Å². The Morgan fingerprint density at radius 1 is 1.17 bits per heavy atom. The third-order valence-electron chi connectivity index (χ3n) is 5.55. The third kappa shape index (κ3) is 4.49. The summed E-state index contributed by atoms with van der Waals surface area (Å²) in [5, 5.41) is 3.59. The first-order chi connectivity index (χ1) is 14.1. The molecule has 2 heterocycles. The lowest BCUT2D eigenvalue weighted by Gasteiger charge is -2.38. The zero-order chi connectivity index (χ0) is 20.3. The Morgan fingerprint density at radius 3 is 2.72 bits per heavy atom. The SMILES string of the molecule is CC(Sc1ccccc1Cl)C(=O)NCC1(c2ccc3c(c2)OCO3)CCOCC1. The zero-order valence-electron chi connectivity index (χ0n) is 16.3. The van der Waals surface area contributed by atoms with Crippen LogP contribution in [-0.2, 0) is 14.9 Å². The summed E-state index contributed by atoms with van der Waals surface area (Å²) in [6, 6.07) is 13.7. The van der Waals surface area contributed by atoms with Crippen LogP contribution in [0.4, 0.5) is 0 Å². The van der Waals surface area contributed by atoms with Crippen LogP contribution in [-0.4, -0.2) is 37.7 Å². The van der Waals surface area contributed by atoms with E-state index in [2.05, 4.69) is 11.4 Å². The topological polar surface area (TPSA) is 56.8 Å². The van der Waals surface area contributed by atoms with Crippen LogP contribution in [0.25, 0.3) is 0 Å². The number of amides is 1. The van der Waals surface area contributed by atoms with Gasteiger partial charge in [-0.2, -0.15) is 0 Å². The predicted octanol–water partition coefficient (Wildman–Crippen LogP) is 4.41. The summed E-state index contributed by atoms with van der Waals surface area (Å²) < 4.78 is 16.6. The largest absolute Gasteiger partial charge is 0.454 e. The standard InChI is InChI=1S/C22H24ClNO4S/c1-15(29-20-5-3-2-4-17(20)23)21(25)24-13-22(8-10-26-11-9-22)16-6-7-18-19(12-16)28-14-27-18/h2-7,12,15H,8-11,13-14H2,1H3,(H,24,25). The molecule has 2 aromatic rings. The van der Waals surface area contributed by atoms with E-state index in [1.54, 1.807) is 0 Å². The lowest BCUT2D eigenvalue weighted by molar-refractivity contribution is -0.120. The van der Waals surface area contributed by atoms with E-state index >= 15 is 0 Å². The van der Waals surface area contributed by atoms with Crippen LogP contribution >= 0.6 is 23.4 Å². The molecule has 0 saturated carbocycles. The molecule has 1 unspecified atom stereocenters. The van der Waals surface area contributed by atoms with Crippen molar-refractivity contribution in [3.8, 4) is 11.5 Å². The van der Waals surface area contributed by atoms with Gasteiger partial charge in [0.15, 0.2) is 11.5 Å². The van der Waals surface area contributed by atoms with E-state index in [0.717, 1.165) is 34.8 Å². The van der Waals surface area contributed by atoms with E-state index in [1.165, 1.54) is 11.8 Å². The monoisotopic (exact) mass is 433 g/mol. The Labute approximate surface area is 180 Å². The molecule has 2 aliphatic rings. The zero-order valence-corrected chi connectivity index (χ0v) is 17.9. The molecule has 1 saturated heterocycles. The van der Waals surface area contributed by atoms with Gasteiger partial charge in [-0.3, -0.25) is 4.79 Å². The van der Waals surface area contributed by atoms with Crippen molar-refractivity contribution in [2.24, 2.45) is 0 Å². The number of hydrogen-bond acceptors (Lipinski definition) is 5. The molecule has 2 aromatic carbocycles. The summed E-state index contributed by atoms with van der Waals surface area (Å²) in [4.78, 5) is 13.7. The van der Waals surface area contributed by atoms with Crippen LogP contribution in [0.5, 0.6) is 11.5 Å². The normalized spacial score (nSPS) is 18.3. The number of ether oxygens (including phenoxy) is 3. The van der Waals surface area contributed by atoms with Crippen LogP contribution < -0.4 is 14.8 Å². The molecule has 1 atom stereocenters. The van der Waals surface area contributed by atoms with Gasteiger partial charge >= 0.3 is 0 Å². The predicted molar refractivity (Wildman–Crippen MR) is 114 cm³/mol. The van der Waals surface area contributed by atoms with Gasteiger partial charge in [-0.05, 0) is 49.6 Å². The smallest absolute Gasteiger partial charge is 0.233 e. The molecule has 154 valence electrons. The number of rotatable bonds is 6. The average Bonchev–Trinajstić information content (AvgIpc) is 3.22. The van der Waals surface area contributed by atoms with Gasteiger partial charge in [0.2, 0.25) is 12.7 Å². The van der Waals surface area contributed by atoms with E-state index < -0.39 is 0 Å². The molecule has 2 aliphatic heterocycles. The number of benzene rings is 2. The van der Waals surface area contributed by atoms with E-state index in [0.29, 0.717) is 24.8 Å². The van der Waals surface area contributed by atoms with Crippen molar-refractivity contribution in [2.75, 3.05) is 26.6 Å². The first kappa shape index (κ1) is 20.4. The fraction of sp³-hybridized carbons (Fsp3) is 0.409. The van der Waals surface area contributed by atoms with E-state index in [-0.39, 0.29) is 23.4 Å². The minimum absolute atomic E-state index is 0.00142. The summed E-state index contributed by atoms with van der Waals surface area (Å²) in [5.41, 5.74) is 0.973. The number of thioether (sulfide) groups is 1. The molecule has 0 spiro atoms. The molecule has 29 heavy (non-hydrogen) atoms. The van der Waals surface area contributed by atoms with Crippen LogP contribution in [0.15, 0.2) is 47.4 Å². The van der Waals surface area contributed by atoms with E-state index in [4.69, 9.17) is 25.8 Å². The highest BCUT2D eigenvalue weighted by molar-refractivity contribution is 8.00. The first-order valence-electron chi connectivity index (χ1n) is 9.74. The summed E-state index contributed by atoms with van der Waals surface area (Å²) in [6.45, 7) is 4.06. The summed E-state index contributed by atoms with van der Waals surface area (Å²) >= 11 is 7.70. The molecule has 1 fully saturated rings. The number of halogens is 1. The Hall–Kier alpha value is -1.89. The number of nitrogens with one attached hydrogen (secondary N) is 1. The maximum absolute atomic E-state index is 12.8. The number of carbonyl (C=O) groups is 1. The minimum Gasteiger partial charge on any atom is -0.454 e. The van der Waals surface area contributed by atoms with Crippen molar-refractivity contribution in [3.63, 3.8) is 0 Å².